The monoisotopic (exact) mass is 494 g/mol. The summed E-state index contributed by atoms with van der Waals surface area (Å²) in [6.07, 6.45) is 2.92. The first kappa shape index (κ1) is 23.0. The van der Waals surface area contributed by atoms with Gasteiger partial charge in [-0.2, -0.15) is 0 Å². The van der Waals surface area contributed by atoms with Crippen LogP contribution in [-0.2, 0) is 16.3 Å². The molecule has 148 valence electrons. The van der Waals surface area contributed by atoms with E-state index in [0.717, 1.165) is 19.5 Å². The summed E-state index contributed by atoms with van der Waals surface area (Å²) in [7, 11) is -1.20. The average molecular weight is 494 g/mol. The molecule has 0 spiro atoms. The van der Waals surface area contributed by atoms with Crippen molar-refractivity contribution in [2.45, 2.75) is 38.8 Å². The van der Waals surface area contributed by atoms with Crippen LogP contribution in [0.3, 0.4) is 0 Å². The van der Waals surface area contributed by atoms with Crippen LogP contribution in [0.1, 0.15) is 25.8 Å². The molecule has 1 heterocycles. The van der Waals surface area contributed by atoms with Gasteiger partial charge >= 0.3 is 0 Å². The Bertz CT molecular complexity index is 709. The van der Waals surface area contributed by atoms with Gasteiger partial charge in [0.25, 0.3) is 0 Å². The van der Waals surface area contributed by atoms with E-state index in [1.54, 1.807) is 7.05 Å². The second-order valence-electron chi connectivity index (χ2n) is 6.84. The first-order valence-corrected chi connectivity index (χ1v) is 10.9. The summed E-state index contributed by atoms with van der Waals surface area (Å²) in [6, 6.07) is 9.11. The van der Waals surface area contributed by atoms with Gasteiger partial charge in [-0.25, -0.2) is 8.42 Å². The van der Waals surface area contributed by atoms with Crippen molar-refractivity contribution in [3.05, 3.63) is 29.8 Å². The minimum Gasteiger partial charge on any atom is -0.367 e. The van der Waals surface area contributed by atoms with Crippen LogP contribution in [0, 0.1) is 0 Å². The van der Waals surface area contributed by atoms with Crippen molar-refractivity contribution in [2.75, 3.05) is 37.0 Å². The van der Waals surface area contributed by atoms with Gasteiger partial charge in [0.05, 0.1) is 5.75 Å². The van der Waals surface area contributed by atoms with Gasteiger partial charge in [0, 0.05) is 44.2 Å². The minimum absolute atomic E-state index is 0. The molecular weight excluding hydrogens is 463 g/mol. The van der Waals surface area contributed by atoms with Gasteiger partial charge in [-0.15, -0.1) is 24.0 Å². The molecule has 1 aliphatic heterocycles. The summed E-state index contributed by atoms with van der Waals surface area (Å²) in [4.78, 5) is 6.65. The average Bonchev–Trinajstić information content (AvgIpc) is 2.87. The van der Waals surface area contributed by atoms with Gasteiger partial charge in [-0.3, -0.25) is 4.99 Å². The zero-order chi connectivity index (χ0) is 18.4. The Kier molecular flexibility index (Phi) is 9.15. The Balaban J connectivity index is 0.00000338. The maximum atomic E-state index is 11.3. The number of para-hydroxylation sites is 1. The number of hydrogen-bond acceptors (Lipinski definition) is 4. The molecule has 8 heteroatoms. The maximum absolute atomic E-state index is 11.3. The van der Waals surface area contributed by atoms with Crippen molar-refractivity contribution in [3.8, 4) is 0 Å². The Hall–Kier alpha value is -1.03. The number of rotatable bonds is 7. The minimum atomic E-state index is -2.93. The predicted octanol–water partition coefficient (Wildman–Crippen LogP) is 2.04. The molecule has 2 N–H and O–H groups in total. The van der Waals surface area contributed by atoms with Crippen LogP contribution in [0.25, 0.3) is 0 Å². The Morgan fingerprint density at radius 3 is 2.73 bits per heavy atom. The summed E-state index contributed by atoms with van der Waals surface area (Å²) in [5, 5.41) is 6.57. The summed E-state index contributed by atoms with van der Waals surface area (Å²) >= 11 is 0. The fraction of sp³-hybridized carbons (Fsp3) is 0.611. The third kappa shape index (κ3) is 6.94. The number of nitrogens with one attached hydrogen (secondary N) is 2. The van der Waals surface area contributed by atoms with Crippen LogP contribution in [0.15, 0.2) is 29.3 Å². The molecule has 2 atom stereocenters. The fourth-order valence-electron chi connectivity index (χ4n) is 3.16. The molecule has 1 aliphatic rings. The van der Waals surface area contributed by atoms with Crippen LogP contribution >= 0.6 is 24.0 Å². The Morgan fingerprint density at radius 1 is 1.38 bits per heavy atom. The SMILES string of the molecule is CN=C(NCCN1c2ccccc2CC1C)NC(C)CCS(C)(=O)=O.I. The van der Waals surface area contributed by atoms with Gasteiger partial charge < -0.3 is 15.5 Å². The third-order valence-corrected chi connectivity index (χ3v) is 5.50. The molecule has 2 unspecified atom stereocenters. The molecule has 0 saturated heterocycles. The lowest BCUT2D eigenvalue weighted by Crippen LogP contribution is -2.46. The number of fused-ring (bicyclic) bond motifs is 1. The van der Waals surface area contributed by atoms with E-state index in [4.69, 9.17) is 0 Å². The van der Waals surface area contributed by atoms with Gasteiger partial charge in [-0.1, -0.05) is 18.2 Å². The highest BCUT2D eigenvalue weighted by Crippen LogP contribution is 2.31. The highest BCUT2D eigenvalue weighted by atomic mass is 127. The highest BCUT2D eigenvalue weighted by Gasteiger charge is 2.24. The number of benzene rings is 1. The van der Waals surface area contributed by atoms with E-state index < -0.39 is 9.84 Å². The molecule has 6 nitrogen and oxygen atoms in total. The number of anilines is 1. The number of halogens is 1. The molecule has 0 fully saturated rings. The van der Waals surface area contributed by atoms with Gasteiger partial charge in [0.2, 0.25) is 0 Å². The van der Waals surface area contributed by atoms with Gasteiger partial charge in [0.1, 0.15) is 9.84 Å². The Labute approximate surface area is 174 Å². The van der Waals surface area contributed by atoms with E-state index in [-0.39, 0.29) is 35.8 Å². The van der Waals surface area contributed by atoms with E-state index in [1.807, 2.05) is 6.92 Å². The molecule has 26 heavy (non-hydrogen) atoms. The van der Waals surface area contributed by atoms with Crippen molar-refractivity contribution >= 4 is 45.5 Å². The lowest BCUT2D eigenvalue weighted by molar-refractivity contribution is 0.580. The standard InChI is InChI=1S/C18H30N4O2S.HI/c1-14(9-12-25(4,23)24)21-18(19-3)20-10-11-22-15(2)13-16-7-5-6-8-17(16)22;/h5-8,14-15H,9-13H2,1-4H3,(H2,19,20,21);1H. The maximum Gasteiger partial charge on any atom is 0.191 e. The lowest BCUT2D eigenvalue weighted by Gasteiger charge is -2.26. The van der Waals surface area contributed by atoms with E-state index in [0.29, 0.717) is 18.4 Å². The van der Waals surface area contributed by atoms with E-state index >= 15 is 0 Å². The van der Waals surface area contributed by atoms with Crippen molar-refractivity contribution in [2.24, 2.45) is 4.99 Å². The van der Waals surface area contributed by atoms with Crippen LogP contribution in [0.2, 0.25) is 0 Å². The number of guanidine groups is 1. The summed E-state index contributed by atoms with van der Waals surface area (Å²) in [5.41, 5.74) is 2.73. The molecule has 0 bridgehead atoms. The first-order chi connectivity index (χ1) is 11.8. The number of aliphatic imine (C=N–C) groups is 1. The lowest BCUT2D eigenvalue weighted by atomic mass is 10.1. The molecule has 0 amide bonds. The van der Waals surface area contributed by atoms with Crippen LogP contribution in [0.4, 0.5) is 5.69 Å². The fourth-order valence-corrected chi connectivity index (χ4v) is 3.94. The van der Waals surface area contributed by atoms with E-state index in [2.05, 4.69) is 51.7 Å². The smallest absolute Gasteiger partial charge is 0.191 e. The largest absolute Gasteiger partial charge is 0.367 e. The molecule has 1 aromatic carbocycles. The molecule has 0 saturated carbocycles. The Morgan fingerprint density at radius 2 is 2.08 bits per heavy atom. The van der Waals surface area contributed by atoms with Gasteiger partial charge in [0.15, 0.2) is 5.96 Å². The topological polar surface area (TPSA) is 73.8 Å². The first-order valence-electron chi connectivity index (χ1n) is 8.79. The normalized spacial score (nSPS) is 18.1. The van der Waals surface area contributed by atoms with Gasteiger partial charge in [-0.05, 0) is 38.3 Å². The molecule has 0 aromatic heterocycles. The van der Waals surface area contributed by atoms with Crippen LogP contribution in [-0.4, -0.2) is 58.6 Å². The number of nitrogens with zero attached hydrogens (tertiary/aromatic N) is 2. The summed E-state index contributed by atoms with van der Waals surface area (Å²) in [6.45, 7) is 5.89. The van der Waals surface area contributed by atoms with Crippen molar-refractivity contribution in [1.29, 1.82) is 0 Å². The quantitative estimate of drug-likeness (QED) is 0.345. The molecular formula is C18H31IN4O2S. The van der Waals surface area contributed by atoms with E-state index in [9.17, 15) is 8.42 Å². The van der Waals surface area contributed by atoms with Crippen molar-refractivity contribution in [3.63, 3.8) is 0 Å². The predicted molar refractivity (Wildman–Crippen MR) is 121 cm³/mol. The molecule has 1 aromatic rings. The zero-order valence-corrected chi connectivity index (χ0v) is 19.2. The third-order valence-electron chi connectivity index (χ3n) is 4.52. The highest BCUT2D eigenvalue weighted by molar-refractivity contribution is 14.0. The van der Waals surface area contributed by atoms with Crippen LogP contribution < -0.4 is 15.5 Å². The molecule has 2 rings (SSSR count). The number of sulfone groups is 1. The number of hydrogen-bond donors (Lipinski definition) is 2. The van der Waals surface area contributed by atoms with Crippen LogP contribution in [0.5, 0.6) is 0 Å². The summed E-state index contributed by atoms with van der Waals surface area (Å²) in [5.74, 6) is 0.890. The van der Waals surface area contributed by atoms with Crippen molar-refractivity contribution in [1.82, 2.24) is 10.6 Å². The van der Waals surface area contributed by atoms with Crippen molar-refractivity contribution < 1.29 is 8.42 Å². The molecule has 0 aliphatic carbocycles. The zero-order valence-electron chi connectivity index (χ0n) is 16.0. The second-order valence-corrected chi connectivity index (χ2v) is 9.10. The summed E-state index contributed by atoms with van der Waals surface area (Å²) < 4.78 is 22.5. The van der Waals surface area contributed by atoms with E-state index in [1.165, 1.54) is 17.5 Å². The molecule has 0 radical (unpaired) electrons. The second kappa shape index (κ2) is 10.3.